The third-order valence-corrected chi connectivity index (χ3v) is 4.69. The average Bonchev–Trinajstić information content (AvgIpc) is 2.67. The van der Waals surface area contributed by atoms with Crippen LogP contribution in [0, 0.1) is 11.3 Å². The van der Waals surface area contributed by atoms with Crippen LogP contribution in [0.25, 0.3) is 0 Å². The fourth-order valence-corrected chi connectivity index (χ4v) is 4.10. The maximum Gasteiger partial charge on any atom is 0.312 e. The van der Waals surface area contributed by atoms with E-state index in [2.05, 4.69) is 24.3 Å². The van der Waals surface area contributed by atoms with Crippen molar-refractivity contribution in [2.45, 2.75) is 18.3 Å². The fourth-order valence-electron chi connectivity index (χ4n) is 4.10. The van der Waals surface area contributed by atoms with Gasteiger partial charge in [0.25, 0.3) is 0 Å². The lowest BCUT2D eigenvalue weighted by Crippen LogP contribution is -2.34. The Kier molecular flexibility index (Phi) is 1.11. The van der Waals surface area contributed by atoms with E-state index in [0.29, 0.717) is 17.8 Å². The predicted octanol–water partition coefficient (Wildman–Crippen LogP) is 2.06. The molecule has 0 saturated heterocycles. The second-order valence-electron chi connectivity index (χ2n) is 4.97. The largest absolute Gasteiger partial charge is 0.469 e. The molecule has 2 nitrogen and oxygen atoms in total. The summed E-state index contributed by atoms with van der Waals surface area (Å²) in [5.74, 6) is 1.71. The molecule has 3 aliphatic rings. The third kappa shape index (κ3) is 0.612. The molecule has 0 unspecified atom stereocenters. The first kappa shape index (κ1) is 7.91. The molecular formula is C13H12O2. The summed E-state index contributed by atoms with van der Waals surface area (Å²) >= 11 is 0. The first-order valence-corrected chi connectivity index (χ1v) is 5.48. The Labute approximate surface area is 88.2 Å². The van der Waals surface area contributed by atoms with Gasteiger partial charge in [-0.2, -0.15) is 0 Å². The fraction of sp³-hybridized carbons (Fsp3) is 0.462. The number of esters is 1. The molecular weight excluding hydrogens is 188 g/mol. The van der Waals surface area contributed by atoms with Crippen LogP contribution in [-0.2, 0) is 9.53 Å². The van der Waals surface area contributed by atoms with Gasteiger partial charge in [0, 0.05) is 5.92 Å². The molecule has 4 atom stereocenters. The van der Waals surface area contributed by atoms with Crippen molar-refractivity contribution in [1.29, 1.82) is 0 Å². The number of rotatable bonds is 1. The topological polar surface area (TPSA) is 26.3 Å². The Hall–Kier alpha value is -1.31. The molecule has 0 bridgehead atoms. The van der Waals surface area contributed by atoms with Gasteiger partial charge in [-0.05, 0) is 29.4 Å². The zero-order valence-corrected chi connectivity index (χ0v) is 8.57. The average molecular weight is 200 g/mol. The van der Waals surface area contributed by atoms with E-state index in [-0.39, 0.29) is 11.4 Å². The van der Waals surface area contributed by atoms with Crippen molar-refractivity contribution in [3.8, 4) is 0 Å². The summed E-state index contributed by atoms with van der Waals surface area (Å²) in [5, 5.41) is 0. The molecule has 0 heterocycles. The molecule has 4 rings (SSSR count). The van der Waals surface area contributed by atoms with Crippen LogP contribution in [0.15, 0.2) is 24.3 Å². The first-order chi connectivity index (χ1) is 7.30. The van der Waals surface area contributed by atoms with Crippen LogP contribution in [0.1, 0.15) is 29.4 Å². The summed E-state index contributed by atoms with van der Waals surface area (Å²) in [6, 6.07) is 8.57. The van der Waals surface area contributed by atoms with Crippen LogP contribution in [0.4, 0.5) is 0 Å². The van der Waals surface area contributed by atoms with Gasteiger partial charge in [0.1, 0.15) is 0 Å². The summed E-state index contributed by atoms with van der Waals surface area (Å²) < 4.78 is 4.93. The third-order valence-electron chi connectivity index (χ3n) is 4.69. The molecule has 0 aromatic heterocycles. The van der Waals surface area contributed by atoms with Crippen LogP contribution in [0.5, 0.6) is 0 Å². The second kappa shape index (κ2) is 2.11. The van der Waals surface area contributed by atoms with Crippen molar-refractivity contribution in [1.82, 2.24) is 0 Å². The summed E-state index contributed by atoms with van der Waals surface area (Å²) in [7, 11) is 1.50. The molecule has 2 saturated carbocycles. The Balaban J connectivity index is 1.82. The number of carbonyl (C=O) groups excluding carboxylic acids is 1. The number of hydrogen-bond acceptors (Lipinski definition) is 2. The van der Waals surface area contributed by atoms with E-state index in [9.17, 15) is 4.79 Å². The van der Waals surface area contributed by atoms with Gasteiger partial charge in [0.2, 0.25) is 0 Å². The molecule has 1 aromatic rings. The minimum absolute atomic E-state index is 0.0169. The van der Waals surface area contributed by atoms with Crippen molar-refractivity contribution in [3.63, 3.8) is 0 Å². The summed E-state index contributed by atoms with van der Waals surface area (Å²) in [5.41, 5.74) is 2.79. The molecule has 3 aliphatic carbocycles. The van der Waals surface area contributed by atoms with Gasteiger partial charge in [-0.25, -0.2) is 0 Å². The minimum atomic E-state index is -0.103. The van der Waals surface area contributed by atoms with Crippen molar-refractivity contribution < 1.29 is 9.53 Å². The number of benzene rings is 1. The van der Waals surface area contributed by atoms with Crippen LogP contribution in [0.2, 0.25) is 0 Å². The first-order valence-electron chi connectivity index (χ1n) is 5.48. The zero-order chi connectivity index (χ0) is 10.2. The zero-order valence-electron chi connectivity index (χ0n) is 8.57. The van der Waals surface area contributed by atoms with E-state index >= 15 is 0 Å². The van der Waals surface area contributed by atoms with Gasteiger partial charge in [0.05, 0.1) is 12.5 Å². The molecule has 0 amide bonds. The number of ether oxygens (including phenoxy) is 1. The van der Waals surface area contributed by atoms with Crippen LogP contribution < -0.4 is 0 Å². The predicted molar refractivity (Wildman–Crippen MR) is 54.5 cm³/mol. The second-order valence-corrected chi connectivity index (χ2v) is 4.97. The van der Waals surface area contributed by atoms with E-state index in [1.54, 1.807) is 0 Å². The highest BCUT2D eigenvalue weighted by Gasteiger charge is 2.83. The molecule has 15 heavy (non-hydrogen) atoms. The Morgan fingerprint density at radius 2 is 2.13 bits per heavy atom. The molecule has 76 valence electrons. The molecule has 0 radical (unpaired) electrons. The van der Waals surface area contributed by atoms with Crippen molar-refractivity contribution >= 4 is 5.97 Å². The highest BCUT2D eigenvalue weighted by Crippen LogP contribution is 2.86. The Bertz CT molecular complexity index is 479. The lowest BCUT2D eigenvalue weighted by atomic mass is 9.69. The molecule has 0 N–H and O–H groups in total. The van der Waals surface area contributed by atoms with E-state index in [1.807, 2.05) is 0 Å². The number of fused-ring (bicyclic) bond motifs is 4. The van der Waals surface area contributed by atoms with Crippen molar-refractivity contribution in [3.05, 3.63) is 35.4 Å². The molecule has 0 spiro atoms. The normalized spacial score (nSPS) is 42.6. The maximum absolute atomic E-state index is 11.7. The maximum atomic E-state index is 11.7. The van der Waals surface area contributed by atoms with Crippen molar-refractivity contribution in [2.24, 2.45) is 11.3 Å². The van der Waals surface area contributed by atoms with Gasteiger partial charge in [-0.1, -0.05) is 24.3 Å². The van der Waals surface area contributed by atoms with E-state index in [4.69, 9.17) is 4.74 Å². The number of methoxy groups -OCH3 is 1. The van der Waals surface area contributed by atoms with E-state index in [1.165, 1.54) is 18.2 Å². The van der Waals surface area contributed by atoms with Gasteiger partial charge in [-0.3, -0.25) is 4.79 Å². The van der Waals surface area contributed by atoms with Crippen LogP contribution >= 0.6 is 0 Å². The number of hydrogen-bond donors (Lipinski definition) is 0. The van der Waals surface area contributed by atoms with Crippen LogP contribution in [-0.4, -0.2) is 13.1 Å². The van der Waals surface area contributed by atoms with E-state index in [0.717, 1.165) is 6.42 Å². The lowest BCUT2D eigenvalue weighted by molar-refractivity contribution is -0.151. The quantitative estimate of drug-likeness (QED) is 0.648. The summed E-state index contributed by atoms with van der Waals surface area (Å²) in [6.45, 7) is 0. The van der Waals surface area contributed by atoms with Gasteiger partial charge < -0.3 is 4.74 Å². The summed E-state index contributed by atoms with van der Waals surface area (Å²) in [6.07, 6.45) is 1.02. The molecule has 1 aromatic carbocycles. The minimum Gasteiger partial charge on any atom is -0.469 e. The van der Waals surface area contributed by atoms with Gasteiger partial charge in [-0.15, -0.1) is 0 Å². The molecule has 0 aliphatic heterocycles. The smallest absolute Gasteiger partial charge is 0.312 e. The van der Waals surface area contributed by atoms with Crippen molar-refractivity contribution in [2.75, 3.05) is 7.11 Å². The monoisotopic (exact) mass is 200 g/mol. The van der Waals surface area contributed by atoms with Gasteiger partial charge >= 0.3 is 5.97 Å². The summed E-state index contributed by atoms with van der Waals surface area (Å²) in [4.78, 5) is 11.7. The highest BCUT2D eigenvalue weighted by atomic mass is 16.5. The standard InChI is InChI=1S/C13H12O2/c1-15-12(14)13-6-9-7-4-2-3-5-8(7)10(13)11(9)13/h2-5,9-11H,6H2,1H3/t9-,10+,11+,13-/m1/s1. The lowest BCUT2D eigenvalue weighted by Gasteiger charge is -2.35. The highest BCUT2D eigenvalue weighted by molar-refractivity contribution is 5.88. The Morgan fingerprint density at radius 1 is 1.40 bits per heavy atom. The SMILES string of the molecule is COC(=O)[C@]12C[C@@H]3c4ccccc4[C@H]1[C@H]32. The number of carbonyl (C=O) groups is 1. The molecule has 2 heteroatoms. The Morgan fingerprint density at radius 3 is 2.87 bits per heavy atom. The van der Waals surface area contributed by atoms with Gasteiger partial charge in [0.15, 0.2) is 0 Å². The van der Waals surface area contributed by atoms with E-state index < -0.39 is 0 Å². The van der Waals surface area contributed by atoms with Crippen LogP contribution in [0.3, 0.4) is 0 Å². The molecule has 2 fully saturated rings.